The highest BCUT2D eigenvalue weighted by Gasteiger charge is 2.34. The van der Waals surface area contributed by atoms with Crippen LogP contribution in [-0.2, 0) is 6.18 Å². The summed E-state index contributed by atoms with van der Waals surface area (Å²) in [6.07, 6.45) is 0.400. The highest BCUT2D eigenvalue weighted by atomic mass is 19.4. The Hall–Kier alpha value is -1.10. The lowest BCUT2D eigenvalue weighted by atomic mass is 9.82. The monoisotopic (exact) mass is 289 g/mol. The fraction of sp³-hybridized carbons (Fsp3) is 0.600. The number of rotatable bonds is 2. The van der Waals surface area contributed by atoms with Gasteiger partial charge in [-0.25, -0.2) is 4.39 Å². The van der Waals surface area contributed by atoms with Crippen LogP contribution in [0.2, 0.25) is 0 Å². The molecule has 0 radical (unpaired) electrons. The first-order chi connectivity index (χ1) is 9.43. The van der Waals surface area contributed by atoms with Crippen molar-refractivity contribution in [2.24, 2.45) is 11.7 Å². The van der Waals surface area contributed by atoms with E-state index in [1.165, 1.54) is 6.07 Å². The Labute approximate surface area is 116 Å². The Bertz CT molecular complexity index is 456. The van der Waals surface area contributed by atoms with Gasteiger partial charge in [0.2, 0.25) is 0 Å². The highest BCUT2D eigenvalue weighted by molar-refractivity contribution is 5.29. The molecule has 0 amide bonds. The smallest absolute Gasteiger partial charge is 0.330 e. The van der Waals surface area contributed by atoms with E-state index in [4.69, 9.17) is 5.73 Å². The molecule has 2 rings (SSSR count). The molecule has 1 nitrogen and oxygen atoms in total. The Balaban J connectivity index is 2.29. The van der Waals surface area contributed by atoms with Gasteiger partial charge in [0.25, 0.3) is 0 Å². The second kappa shape index (κ2) is 6.12. The molecule has 1 fully saturated rings. The first-order valence-electron chi connectivity index (χ1n) is 7.00. The standard InChI is InChI=1S/C15H19F4N/c16-14-8-10(6-7-13(14)15(17,18)19)12-5-3-1-2-4-11(12)9-20/h6-8,11-12H,1-5,9,20H2. The van der Waals surface area contributed by atoms with Gasteiger partial charge in [-0.3, -0.25) is 0 Å². The molecule has 0 spiro atoms. The highest BCUT2D eigenvalue weighted by Crippen LogP contribution is 2.38. The van der Waals surface area contributed by atoms with E-state index >= 15 is 0 Å². The van der Waals surface area contributed by atoms with Crippen molar-refractivity contribution in [2.75, 3.05) is 6.54 Å². The van der Waals surface area contributed by atoms with Crippen molar-refractivity contribution >= 4 is 0 Å². The van der Waals surface area contributed by atoms with Gasteiger partial charge in [-0.2, -0.15) is 13.2 Å². The number of nitrogens with two attached hydrogens (primary N) is 1. The van der Waals surface area contributed by atoms with E-state index in [0.29, 0.717) is 12.1 Å². The maximum atomic E-state index is 13.7. The average molecular weight is 289 g/mol. The third-order valence-corrected chi connectivity index (χ3v) is 4.19. The van der Waals surface area contributed by atoms with Crippen LogP contribution in [0.3, 0.4) is 0 Å². The second-order valence-corrected chi connectivity index (χ2v) is 5.48. The fourth-order valence-corrected chi connectivity index (χ4v) is 3.10. The first-order valence-corrected chi connectivity index (χ1v) is 7.00. The van der Waals surface area contributed by atoms with Gasteiger partial charge in [-0.15, -0.1) is 0 Å². The minimum Gasteiger partial charge on any atom is -0.330 e. The van der Waals surface area contributed by atoms with Crippen LogP contribution in [0.1, 0.15) is 49.1 Å². The lowest BCUT2D eigenvalue weighted by Gasteiger charge is -2.24. The number of benzene rings is 1. The van der Waals surface area contributed by atoms with Crippen molar-refractivity contribution in [2.45, 2.75) is 44.2 Å². The largest absolute Gasteiger partial charge is 0.419 e. The van der Waals surface area contributed by atoms with Crippen molar-refractivity contribution < 1.29 is 17.6 Å². The quantitative estimate of drug-likeness (QED) is 0.631. The third kappa shape index (κ3) is 3.32. The minimum absolute atomic E-state index is 0.0688. The molecule has 1 aromatic rings. The van der Waals surface area contributed by atoms with E-state index in [9.17, 15) is 17.6 Å². The lowest BCUT2D eigenvalue weighted by molar-refractivity contribution is -0.140. The van der Waals surface area contributed by atoms with Crippen molar-refractivity contribution in [3.8, 4) is 0 Å². The summed E-state index contributed by atoms with van der Waals surface area (Å²) in [6.45, 7) is 0.493. The Kier molecular flexibility index (Phi) is 4.68. The third-order valence-electron chi connectivity index (χ3n) is 4.19. The molecule has 1 saturated carbocycles. The predicted molar refractivity (Wildman–Crippen MR) is 69.8 cm³/mol. The van der Waals surface area contributed by atoms with Gasteiger partial charge < -0.3 is 5.73 Å². The number of alkyl halides is 3. The Morgan fingerprint density at radius 2 is 1.80 bits per heavy atom. The van der Waals surface area contributed by atoms with Gasteiger partial charge in [0.15, 0.2) is 0 Å². The number of hydrogen-bond acceptors (Lipinski definition) is 1. The van der Waals surface area contributed by atoms with Gasteiger partial charge >= 0.3 is 6.18 Å². The Morgan fingerprint density at radius 1 is 1.10 bits per heavy atom. The van der Waals surface area contributed by atoms with Crippen molar-refractivity contribution in [1.29, 1.82) is 0 Å². The second-order valence-electron chi connectivity index (χ2n) is 5.48. The first kappa shape index (κ1) is 15.3. The van der Waals surface area contributed by atoms with Crippen molar-refractivity contribution in [1.82, 2.24) is 0 Å². The molecule has 2 N–H and O–H groups in total. The maximum Gasteiger partial charge on any atom is 0.419 e. The zero-order valence-corrected chi connectivity index (χ0v) is 11.2. The molecule has 1 aliphatic rings. The summed E-state index contributed by atoms with van der Waals surface area (Å²) < 4.78 is 51.4. The molecular weight excluding hydrogens is 270 g/mol. The van der Waals surface area contributed by atoms with E-state index < -0.39 is 17.6 Å². The maximum absolute atomic E-state index is 13.7. The summed E-state index contributed by atoms with van der Waals surface area (Å²) in [4.78, 5) is 0. The van der Waals surface area contributed by atoms with Crippen LogP contribution in [0, 0.1) is 11.7 Å². The average Bonchev–Trinajstić information content (AvgIpc) is 2.61. The zero-order valence-electron chi connectivity index (χ0n) is 11.2. The Morgan fingerprint density at radius 3 is 2.40 bits per heavy atom. The van der Waals surface area contributed by atoms with Gasteiger partial charge in [0.1, 0.15) is 5.82 Å². The van der Waals surface area contributed by atoms with Crippen molar-refractivity contribution in [3.05, 3.63) is 35.1 Å². The van der Waals surface area contributed by atoms with E-state index in [-0.39, 0.29) is 11.8 Å². The van der Waals surface area contributed by atoms with E-state index in [0.717, 1.165) is 44.2 Å². The van der Waals surface area contributed by atoms with Crippen LogP contribution in [0.15, 0.2) is 18.2 Å². The summed E-state index contributed by atoms with van der Waals surface area (Å²) in [6, 6.07) is 3.30. The molecule has 5 heteroatoms. The summed E-state index contributed by atoms with van der Waals surface area (Å²) in [5.74, 6) is -0.886. The molecule has 0 bridgehead atoms. The molecule has 2 unspecified atom stereocenters. The van der Waals surface area contributed by atoms with Crippen LogP contribution < -0.4 is 5.73 Å². The topological polar surface area (TPSA) is 26.0 Å². The van der Waals surface area contributed by atoms with E-state index in [1.54, 1.807) is 0 Å². The van der Waals surface area contributed by atoms with Gasteiger partial charge in [-0.05, 0) is 48.9 Å². The van der Waals surface area contributed by atoms with E-state index in [1.807, 2.05) is 0 Å². The molecule has 20 heavy (non-hydrogen) atoms. The predicted octanol–water partition coefficient (Wildman–Crippen LogP) is 4.47. The molecule has 112 valence electrons. The van der Waals surface area contributed by atoms with Gasteiger partial charge in [-0.1, -0.05) is 25.3 Å². The minimum atomic E-state index is -4.64. The zero-order chi connectivity index (χ0) is 14.8. The number of hydrogen-bond donors (Lipinski definition) is 1. The fourth-order valence-electron chi connectivity index (χ4n) is 3.10. The summed E-state index contributed by atoms with van der Waals surface area (Å²) in [5.41, 5.74) is 5.21. The molecular formula is C15H19F4N. The molecule has 1 aliphatic carbocycles. The molecule has 2 atom stereocenters. The molecule has 0 aromatic heterocycles. The number of halogens is 4. The van der Waals surface area contributed by atoms with Gasteiger partial charge in [0, 0.05) is 0 Å². The SMILES string of the molecule is NCC1CCCCCC1c1ccc(C(F)(F)F)c(F)c1. The van der Waals surface area contributed by atoms with Crippen LogP contribution >= 0.6 is 0 Å². The van der Waals surface area contributed by atoms with Crippen LogP contribution in [0.5, 0.6) is 0 Å². The molecule has 0 aliphatic heterocycles. The van der Waals surface area contributed by atoms with Crippen LogP contribution in [0.25, 0.3) is 0 Å². The summed E-state index contributed by atoms with van der Waals surface area (Å²) in [7, 11) is 0. The molecule has 1 aromatic carbocycles. The van der Waals surface area contributed by atoms with Crippen LogP contribution in [0.4, 0.5) is 17.6 Å². The summed E-state index contributed by atoms with van der Waals surface area (Å²) in [5, 5.41) is 0. The van der Waals surface area contributed by atoms with Crippen LogP contribution in [-0.4, -0.2) is 6.54 Å². The lowest BCUT2D eigenvalue weighted by Crippen LogP contribution is -2.21. The van der Waals surface area contributed by atoms with Gasteiger partial charge in [0.05, 0.1) is 5.56 Å². The van der Waals surface area contributed by atoms with E-state index in [2.05, 4.69) is 0 Å². The molecule has 0 heterocycles. The molecule has 0 saturated heterocycles. The summed E-state index contributed by atoms with van der Waals surface area (Å²) >= 11 is 0. The normalized spacial score (nSPS) is 24.4. The van der Waals surface area contributed by atoms with Crippen molar-refractivity contribution in [3.63, 3.8) is 0 Å².